The molecule has 0 aromatic rings. The van der Waals surface area contributed by atoms with E-state index in [0.29, 0.717) is 10.8 Å². The lowest BCUT2D eigenvalue weighted by molar-refractivity contribution is 0.215. The van der Waals surface area contributed by atoms with Crippen molar-refractivity contribution in [3.05, 3.63) is 48.6 Å². The van der Waals surface area contributed by atoms with Gasteiger partial charge in [0.15, 0.2) is 0 Å². The maximum absolute atomic E-state index is 4.48. The molecule has 0 aromatic heterocycles. The van der Waals surface area contributed by atoms with E-state index in [9.17, 15) is 0 Å². The van der Waals surface area contributed by atoms with E-state index in [4.69, 9.17) is 0 Å². The molecular formula is C24H36. The minimum atomic E-state index is 0.539. The fourth-order valence-corrected chi connectivity index (χ4v) is 6.20. The van der Waals surface area contributed by atoms with Gasteiger partial charge in [-0.3, -0.25) is 0 Å². The Morgan fingerprint density at radius 2 is 1.96 bits per heavy atom. The fraction of sp³-hybridized carbons (Fsp3) is 0.667. The smallest absolute Gasteiger partial charge is 0.00514 e. The van der Waals surface area contributed by atoms with Crippen molar-refractivity contribution < 1.29 is 0 Å². The largest absolute Gasteiger partial charge is 0.103 e. The van der Waals surface area contributed by atoms with Crippen molar-refractivity contribution in [1.82, 2.24) is 0 Å². The summed E-state index contributed by atoms with van der Waals surface area (Å²) in [7, 11) is 0. The van der Waals surface area contributed by atoms with E-state index in [2.05, 4.69) is 38.3 Å². The molecule has 3 unspecified atom stereocenters. The molecular weight excluding hydrogens is 288 g/mol. The summed E-state index contributed by atoms with van der Waals surface area (Å²) in [4.78, 5) is 0. The molecule has 0 saturated heterocycles. The molecule has 132 valence electrons. The Labute approximate surface area is 149 Å². The number of allylic oxidation sites excluding steroid dienone is 6. The van der Waals surface area contributed by atoms with Crippen LogP contribution in [0.3, 0.4) is 0 Å². The minimum absolute atomic E-state index is 0.539. The Bertz CT molecular complexity index is 534. The van der Waals surface area contributed by atoms with Gasteiger partial charge in [-0.1, -0.05) is 61.8 Å². The highest BCUT2D eigenvalue weighted by Crippen LogP contribution is 2.85. The Kier molecular flexibility index (Phi) is 5.52. The second-order valence-corrected chi connectivity index (χ2v) is 8.36. The van der Waals surface area contributed by atoms with Crippen LogP contribution in [0, 0.1) is 16.7 Å². The van der Waals surface area contributed by atoms with Crippen LogP contribution in [0.2, 0.25) is 0 Å². The molecule has 0 nitrogen and oxygen atoms in total. The van der Waals surface area contributed by atoms with Crippen LogP contribution in [-0.4, -0.2) is 0 Å². The average Bonchev–Trinajstić information content (AvgIpc) is 2.94. The third-order valence-corrected chi connectivity index (χ3v) is 7.11. The quantitative estimate of drug-likeness (QED) is 0.303. The summed E-state index contributed by atoms with van der Waals surface area (Å²) < 4.78 is 0. The van der Waals surface area contributed by atoms with E-state index in [1.54, 1.807) is 0 Å². The van der Waals surface area contributed by atoms with E-state index < -0.39 is 0 Å². The van der Waals surface area contributed by atoms with E-state index in [1.807, 2.05) is 11.6 Å². The third kappa shape index (κ3) is 2.87. The zero-order chi connectivity index (χ0) is 17.0. The van der Waals surface area contributed by atoms with E-state index in [-0.39, 0.29) is 0 Å². The molecule has 0 aromatic carbocycles. The normalized spacial score (nSPS) is 35.9. The van der Waals surface area contributed by atoms with Crippen LogP contribution in [0.5, 0.6) is 0 Å². The molecule has 1 spiro atoms. The first-order valence-corrected chi connectivity index (χ1v) is 10.3. The molecule has 0 bridgehead atoms. The van der Waals surface area contributed by atoms with Gasteiger partial charge in [0, 0.05) is 10.8 Å². The summed E-state index contributed by atoms with van der Waals surface area (Å²) in [5.41, 5.74) is 4.51. The number of hydrogen-bond donors (Lipinski definition) is 0. The average molecular weight is 325 g/mol. The Hall–Kier alpha value is -1.04. The summed E-state index contributed by atoms with van der Waals surface area (Å²) in [6, 6.07) is 0. The first-order chi connectivity index (χ1) is 11.7. The summed E-state index contributed by atoms with van der Waals surface area (Å²) in [5.74, 6) is 0.996. The molecule has 3 fully saturated rings. The van der Waals surface area contributed by atoms with Crippen molar-refractivity contribution in [3.63, 3.8) is 0 Å². The molecule has 24 heavy (non-hydrogen) atoms. The molecule has 3 rings (SSSR count). The van der Waals surface area contributed by atoms with Gasteiger partial charge in [0.05, 0.1) is 0 Å². The maximum Gasteiger partial charge on any atom is 0.00514 e. The van der Waals surface area contributed by atoms with Crippen LogP contribution >= 0.6 is 0 Å². The Morgan fingerprint density at radius 1 is 1.12 bits per heavy atom. The molecule has 0 N–H and O–H groups in total. The molecule has 0 heteroatoms. The lowest BCUT2D eigenvalue weighted by atomic mass is 9.74. The Balaban J connectivity index is 1.59. The molecule has 3 saturated carbocycles. The fourth-order valence-electron chi connectivity index (χ4n) is 6.20. The molecule has 0 amide bonds. The molecule has 3 atom stereocenters. The van der Waals surface area contributed by atoms with Crippen LogP contribution in [0.1, 0.15) is 84.0 Å². The van der Waals surface area contributed by atoms with Gasteiger partial charge in [-0.25, -0.2) is 0 Å². The predicted octanol–water partition coefficient (Wildman–Crippen LogP) is 7.54. The second-order valence-electron chi connectivity index (χ2n) is 8.36. The number of rotatable bonds is 9. The van der Waals surface area contributed by atoms with Crippen LogP contribution in [-0.2, 0) is 0 Å². The first-order valence-electron chi connectivity index (χ1n) is 10.3. The zero-order valence-corrected chi connectivity index (χ0v) is 15.8. The monoisotopic (exact) mass is 324 g/mol. The van der Waals surface area contributed by atoms with Crippen LogP contribution in [0.4, 0.5) is 0 Å². The van der Waals surface area contributed by atoms with Gasteiger partial charge in [0.25, 0.3) is 0 Å². The van der Waals surface area contributed by atoms with Crippen LogP contribution in [0.15, 0.2) is 48.6 Å². The van der Waals surface area contributed by atoms with Gasteiger partial charge in [-0.2, -0.15) is 0 Å². The Morgan fingerprint density at radius 3 is 2.75 bits per heavy atom. The lowest BCUT2D eigenvalue weighted by Gasteiger charge is -2.29. The molecule has 3 aliphatic carbocycles. The van der Waals surface area contributed by atoms with Crippen molar-refractivity contribution in [2.75, 3.05) is 0 Å². The molecule has 0 heterocycles. The standard InChI is InChI=1S/C24H36/c1-4-6-7-8-9-10-14-20(3)19-23-18-16-21-15-11-12-17-24(21,23)22(23)13-5-2/h4,8-9,13,21H,1,3,5-7,10-12,14-19H2,2H3/b9-8+,22-13+. The van der Waals surface area contributed by atoms with Crippen LogP contribution in [0.25, 0.3) is 0 Å². The highest BCUT2D eigenvalue weighted by molar-refractivity contribution is 5.51. The van der Waals surface area contributed by atoms with Gasteiger partial charge in [-0.15, -0.1) is 6.58 Å². The zero-order valence-electron chi connectivity index (χ0n) is 15.8. The van der Waals surface area contributed by atoms with Crippen molar-refractivity contribution in [2.45, 2.75) is 84.0 Å². The summed E-state index contributed by atoms with van der Waals surface area (Å²) in [6.07, 6.45) is 25.1. The molecule has 3 aliphatic rings. The maximum atomic E-state index is 4.48. The van der Waals surface area contributed by atoms with Gasteiger partial charge in [0.2, 0.25) is 0 Å². The topological polar surface area (TPSA) is 0 Å². The minimum Gasteiger partial charge on any atom is -0.103 e. The van der Waals surface area contributed by atoms with Crippen molar-refractivity contribution >= 4 is 0 Å². The van der Waals surface area contributed by atoms with Gasteiger partial charge in [-0.05, 0) is 70.1 Å². The highest BCUT2D eigenvalue weighted by Gasteiger charge is 2.76. The number of hydrogen-bond acceptors (Lipinski definition) is 0. The number of unbranched alkanes of at least 4 members (excludes halogenated alkanes) is 1. The second kappa shape index (κ2) is 7.46. The SMILES string of the molecule is C=CCC/C=C/CCC(=C)CC12CCC3CCCCC31/C2=C/CC. The molecule has 0 aliphatic heterocycles. The first kappa shape index (κ1) is 17.8. The van der Waals surface area contributed by atoms with Crippen LogP contribution < -0.4 is 0 Å². The summed E-state index contributed by atoms with van der Waals surface area (Å²) in [5, 5.41) is 0. The van der Waals surface area contributed by atoms with Crippen molar-refractivity contribution in [2.24, 2.45) is 16.7 Å². The molecule has 0 radical (unpaired) electrons. The summed E-state index contributed by atoms with van der Waals surface area (Å²) in [6.45, 7) is 10.6. The van der Waals surface area contributed by atoms with Gasteiger partial charge >= 0.3 is 0 Å². The van der Waals surface area contributed by atoms with Crippen molar-refractivity contribution in [3.8, 4) is 0 Å². The lowest BCUT2D eigenvalue weighted by Crippen LogP contribution is -2.20. The highest BCUT2D eigenvalue weighted by atomic mass is 14.8. The third-order valence-electron chi connectivity index (χ3n) is 7.11. The van der Waals surface area contributed by atoms with E-state index >= 15 is 0 Å². The van der Waals surface area contributed by atoms with Crippen molar-refractivity contribution in [1.29, 1.82) is 0 Å². The summed E-state index contributed by atoms with van der Waals surface area (Å²) >= 11 is 0. The predicted molar refractivity (Wildman–Crippen MR) is 106 cm³/mol. The van der Waals surface area contributed by atoms with E-state index in [0.717, 1.165) is 25.2 Å². The van der Waals surface area contributed by atoms with E-state index in [1.165, 1.54) is 63.4 Å². The van der Waals surface area contributed by atoms with Gasteiger partial charge < -0.3 is 0 Å². The van der Waals surface area contributed by atoms with Gasteiger partial charge in [0.1, 0.15) is 0 Å².